The molecule has 1 nitrogen and oxygen atoms in total. The first-order chi connectivity index (χ1) is 8.53. The van der Waals surface area contributed by atoms with E-state index in [9.17, 15) is 0 Å². The van der Waals surface area contributed by atoms with Gasteiger partial charge >= 0.3 is 0 Å². The SMILES string of the molecule is CCC(NC1CCCC1(C)C)c1ccc(C)cc1. The fourth-order valence-corrected chi connectivity index (χ4v) is 3.13. The molecule has 0 radical (unpaired) electrons. The van der Waals surface area contributed by atoms with E-state index in [-0.39, 0.29) is 0 Å². The van der Waals surface area contributed by atoms with Crippen molar-refractivity contribution in [3.63, 3.8) is 0 Å². The Morgan fingerprint density at radius 1 is 1.28 bits per heavy atom. The van der Waals surface area contributed by atoms with Crippen molar-refractivity contribution in [1.82, 2.24) is 5.32 Å². The molecular formula is C17H27N. The van der Waals surface area contributed by atoms with Gasteiger partial charge in [-0.05, 0) is 37.2 Å². The van der Waals surface area contributed by atoms with Gasteiger partial charge in [-0.3, -0.25) is 0 Å². The maximum absolute atomic E-state index is 3.89. The van der Waals surface area contributed by atoms with Gasteiger partial charge in [0.25, 0.3) is 0 Å². The Morgan fingerprint density at radius 2 is 1.94 bits per heavy atom. The Bertz CT molecular complexity index is 377. The van der Waals surface area contributed by atoms with E-state index in [1.807, 2.05) is 0 Å². The van der Waals surface area contributed by atoms with E-state index in [1.54, 1.807) is 0 Å². The molecule has 2 atom stereocenters. The second-order valence-electron chi connectivity index (χ2n) is 6.47. The molecule has 100 valence electrons. The maximum Gasteiger partial charge on any atom is 0.0320 e. The van der Waals surface area contributed by atoms with E-state index >= 15 is 0 Å². The normalized spacial score (nSPS) is 24.1. The highest BCUT2D eigenvalue weighted by Gasteiger charge is 2.35. The molecule has 1 saturated carbocycles. The van der Waals surface area contributed by atoms with Crippen molar-refractivity contribution in [2.75, 3.05) is 0 Å². The summed E-state index contributed by atoms with van der Waals surface area (Å²) in [7, 11) is 0. The summed E-state index contributed by atoms with van der Waals surface area (Å²) in [5.41, 5.74) is 3.23. The first kappa shape index (κ1) is 13.6. The molecule has 1 aliphatic carbocycles. The van der Waals surface area contributed by atoms with Crippen LogP contribution in [0.25, 0.3) is 0 Å². The number of rotatable bonds is 4. The summed E-state index contributed by atoms with van der Waals surface area (Å²) in [5, 5.41) is 3.89. The Balaban J connectivity index is 2.08. The summed E-state index contributed by atoms with van der Waals surface area (Å²) >= 11 is 0. The lowest BCUT2D eigenvalue weighted by atomic mass is 9.86. The highest BCUT2D eigenvalue weighted by Crippen LogP contribution is 2.38. The first-order valence-corrected chi connectivity index (χ1v) is 7.35. The molecule has 1 fully saturated rings. The number of nitrogens with one attached hydrogen (secondary N) is 1. The van der Waals surface area contributed by atoms with Gasteiger partial charge in [-0.15, -0.1) is 0 Å². The second-order valence-corrected chi connectivity index (χ2v) is 6.47. The van der Waals surface area contributed by atoms with Crippen molar-refractivity contribution in [3.8, 4) is 0 Å². The molecule has 0 bridgehead atoms. The Kier molecular flexibility index (Phi) is 4.11. The Morgan fingerprint density at radius 3 is 2.44 bits per heavy atom. The minimum absolute atomic E-state index is 0.456. The number of hydrogen-bond donors (Lipinski definition) is 1. The maximum atomic E-state index is 3.89. The zero-order chi connectivity index (χ0) is 13.2. The molecule has 18 heavy (non-hydrogen) atoms. The molecule has 0 spiro atoms. The van der Waals surface area contributed by atoms with E-state index < -0.39 is 0 Å². The first-order valence-electron chi connectivity index (χ1n) is 7.35. The van der Waals surface area contributed by atoms with E-state index in [4.69, 9.17) is 0 Å². The van der Waals surface area contributed by atoms with Crippen LogP contribution < -0.4 is 5.32 Å². The van der Waals surface area contributed by atoms with Gasteiger partial charge in [0, 0.05) is 12.1 Å². The Labute approximate surface area is 112 Å². The summed E-state index contributed by atoms with van der Waals surface area (Å²) in [5.74, 6) is 0. The third kappa shape index (κ3) is 2.95. The zero-order valence-corrected chi connectivity index (χ0v) is 12.3. The summed E-state index contributed by atoms with van der Waals surface area (Å²) in [6.45, 7) is 9.23. The van der Waals surface area contributed by atoms with Crippen LogP contribution in [0, 0.1) is 12.3 Å². The summed E-state index contributed by atoms with van der Waals surface area (Å²) in [6, 6.07) is 10.2. The zero-order valence-electron chi connectivity index (χ0n) is 12.3. The topological polar surface area (TPSA) is 12.0 Å². The highest BCUT2D eigenvalue weighted by molar-refractivity contribution is 5.24. The molecule has 0 amide bonds. The van der Waals surface area contributed by atoms with Crippen molar-refractivity contribution < 1.29 is 0 Å². The van der Waals surface area contributed by atoms with Crippen molar-refractivity contribution in [1.29, 1.82) is 0 Å². The molecule has 1 N–H and O–H groups in total. The van der Waals surface area contributed by atoms with Gasteiger partial charge < -0.3 is 5.32 Å². The molecule has 0 aliphatic heterocycles. The molecular weight excluding hydrogens is 218 g/mol. The average molecular weight is 245 g/mol. The minimum Gasteiger partial charge on any atom is -0.307 e. The molecule has 1 aliphatic rings. The third-order valence-corrected chi connectivity index (χ3v) is 4.55. The van der Waals surface area contributed by atoms with Gasteiger partial charge in [-0.1, -0.05) is 57.0 Å². The lowest BCUT2D eigenvalue weighted by Gasteiger charge is -2.32. The largest absolute Gasteiger partial charge is 0.307 e. The van der Waals surface area contributed by atoms with Gasteiger partial charge in [0.15, 0.2) is 0 Å². The molecule has 2 unspecified atom stereocenters. The summed E-state index contributed by atoms with van der Waals surface area (Å²) < 4.78 is 0. The summed E-state index contributed by atoms with van der Waals surface area (Å²) in [6.07, 6.45) is 5.22. The quantitative estimate of drug-likeness (QED) is 0.816. The lowest BCUT2D eigenvalue weighted by molar-refractivity contribution is 0.259. The Hall–Kier alpha value is -0.820. The lowest BCUT2D eigenvalue weighted by Crippen LogP contribution is -2.39. The molecule has 1 aromatic rings. The summed E-state index contributed by atoms with van der Waals surface area (Å²) in [4.78, 5) is 0. The molecule has 0 aromatic heterocycles. The average Bonchev–Trinajstić information content (AvgIpc) is 2.67. The number of benzene rings is 1. The van der Waals surface area contributed by atoms with E-state index in [2.05, 4.69) is 57.3 Å². The monoisotopic (exact) mass is 245 g/mol. The van der Waals surface area contributed by atoms with Crippen LogP contribution in [0.1, 0.15) is 63.6 Å². The van der Waals surface area contributed by atoms with Crippen LogP contribution in [0.5, 0.6) is 0 Å². The van der Waals surface area contributed by atoms with Crippen LogP contribution in [-0.2, 0) is 0 Å². The second kappa shape index (κ2) is 5.44. The van der Waals surface area contributed by atoms with Gasteiger partial charge in [0.1, 0.15) is 0 Å². The molecule has 0 heterocycles. The van der Waals surface area contributed by atoms with Crippen LogP contribution in [-0.4, -0.2) is 6.04 Å². The minimum atomic E-state index is 0.456. The van der Waals surface area contributed by atoms with Crippen molar-refractivity contribution in [2.45, 2.75) is 65.5 Å². The van der Waals surface area contributed by atoms with Crippen LogP contribution in [0.2, 0.25) is 0 Å². The van der Waals surface area contributed by atoms with E-state index in [0.717, 1.165) is 6.42 Å². The standard InChI is InChI=1S/C17H27N/c1-5-15(14-10-8-13(2)9-11-14)18-16-7-6-12-17(16,3)4/h8-11,15-16,18H,5-7,12H2,1-4H3. The van der Waals surface area contributed by atoms with Gasteiger partial charge in [0.05, 0.1) is 0 Å². The predicted octanol–water partition coefficient (Wildman–Crippen LogP) is 4.61. The predicted molar refractivity (Wildman–Crippen MR) is 78.8 cm³/mol. The third-order valence-electron chi connectivity index (χ3n) is 4.55. The van der Waals surface area contributed by atoms with Crippen molar-refractivity contribution >= 4 is 0 Å². The molecule has 0 saturated heterocycles. The van der Waals surface area contributed by atoms with Crippen LogP contribution in [0.3, 0.4) is 0 Å². The van der Waals surface area contributed by atoms with E-state index in [1.165, 1.54) is 30.4 Å². The van der Waals surface area contributed by atoms with Crippen LogP contribution in [0.15, 0.2) is 24.3 Å². The van der Waals surface area contributed by atoms with Gasteiger partial charge in [-0.2, -0.15) is 0 Å². The number of hydrogen-bond acceptors (Lipinski definition) is 1. The van der Waals surface area contributed by atoms with Gasteiger partial charge in [0.2, 0.25) is 0 Å². The van der Waals surface area contributed by atoms with Gasteiger partial charge in [-0.25, -0.2) is 0 Å². The molecule has 1 heteroatoms. The fraction of sp³-hybridized carbons (Fsp3) is 0.647. The van der Waals surface area contributed by atoms with Crippen LogP contribution in [0.4, 0.5) is 0 Å². The van der Waals surface area contributed by atoms with Crippen molar-refractivity contribution in [3.05, 3.63) is 35.4 Å². The highest BCUT2D eigenvalue weighted by atomic mass is 15.0. The van der Waals surface area contributed by atoms with Crippen LogP contribution >= 0.6 is 0 Å². The molecule has 1 aromatic carbocycles. The van der Waals surface area contributed by atoms with E-state index in [0.29, 0.717) is 17.5 Å². The molecule has 2 rings (SSSR count). The van der Waals surface area contributed by atoms with Crippen molar-refractivity contribution in [2.24, 2.45) is 5.41 Å². The fourth-order valence-electron chi connectivity index (χ4n) is 3.13. The smallest absolute Gasteiger partial charge is 0.0320 e. The number of aryl methyl sites for hydroxylation is 1.